The molecule has 0 aliphatic heterocycles. The average Bonchev–Trinajstić information content (AvgIpc) is 2.78. The van der Waals surface area contributed by atoms with E-state index in [1.165, 1.54) is 0 Å². The summed E-state index contributed by atoms with van der Waals surface area (Å²) in [7, 11) is 0. The van der Waals surface area contributed by atoms with Crippen LogP contribution in [0, 0.1) is 0 Å². The topological polar surface area (TPSA) is 89.0 Å². The number of hydrogen-bond donors (Lipinski definition) is 2. The average molecular weight is 405 g/mol. The number of fused-ring (bicyclic) bond motifs is 1. The Kier molecular flexibility index (Phi) is 7.38. The summed E-state index contributed by atoms with van der Waals surface area (Å²) in [4.78, 5) is 23.8. The van der Waals surface area contributed by atoms with Crippen LogP contribution in [0.15, 0.2) is 71.8 Å². The first kappa shape index (κ1) is 20.9. The molecule has 0 heterocycles. The zero-order valence-electron chi connectivity index (χ0n) is 16.6. The lowest BCUT2D eigenvalue weighted by atomic mass is 10.0. The molecule has 0 atom stereocenters. The monoisotopic (exact) mass is 405 g/mol. The molecule has 0 aromatic heterocycles. The van der Waals surface area contributed by atoms with Crippen molar-refractivity contribution in [3.63, 3.8) is 0 Å². The van der Waals surface area contributed by atoms with E-state index in [9.17, 15) is 9.59 Å². The summed E-state index contributed by atoms with van der Waals surface area (Å²) in [6.07, 6.45) is 1.55. The molecule has 2 amide bonds. The van der Waals surface area contributed by atoms with Crippen molar-refractivity contribution in [1.29, 1.82) is 0 Å². The van der Waals surface area contributed by atoms with Gasteiger partial charge < -0.3 is 14.8 Å². The number of carbonyl (C=O) groups excluding carboxylic acids is 2. The fourth-order valence-electron chi connectivity index (χ4n) is 2.79. The second kappa shape index (κ2) is 10.6. The highest BCUT2D eigenvalue weighted by Crippen LogP contribution is 2.26. The standard InChI is InChI=1S/C23H23N3O4/c1-2-29-21-13-12-17-8-6-7-11-19(17)20(21)14-25-26-22(27)15-24-23(28)16-30-18-9-4-3-5-10-18/h3-14H,2,15-16H2,1H3,(H,24,28)(H,26,27). The van der Waals surface area contributed by atoms with Crippen LogP contribution in [-0.4, -0.2) is 37.8 Å². The molecule has 0 bridgehead atoms. The molecule has 3 aromatic rings. The highest BCUT2D eigenvalue weighted by Gasteiger charge is 2.08. The van der Waals surface area contributed by atoms with E-state index in [1.54, 1.807) is 18.3 Å². The maximum absolute atomic E-state index is 12.0. The smallest absolute Gasteiger partial charge is 0.259 e. The lowest BCUT2D eigenvalue weighted by molar-refractivity contribution is -0.127. The summed E-state index contributed by atoms with van der Waals surface area (Å²) < 4.78 is 11.0. The van der Waals surface area contributed by atoms with Crippen LogP contribution >= 0.6 is 0 Å². The number of rotatable bonds is 9. The number of carbonyl (C=O) groups is 2. The van der Waals surface area contributed by atoms with Crippen LogP contribution in [0.4, 0.5) is 0 Å². The van der Waals surface area contributed by atoms with E-state index in [1.807, 2.05) is 61.5 Å². The van der Waals surface area contributed by atoms with Gasteiger partial charge in [0.2, 0.25) is 0 Å². The van der Waals surface area contributed by atoms with Gasteiger partial charge in [0.05, 0.1) is 19.4 Å². The van der Waals surface area contributed by atoms with E-state index < -0.39 is 11.8 Å². The molecule has 0 unspecified atom stereocenters. The number of para-hydroxylation sites is 1. The van der Waals surface area contributed by atoms with E-state index in [-0.39, 0.29) is 13.2 Å². The molecular formula is C23H23N3O4. The van der Waals surface area contributed by atoms with Crippen molar-refractivity contribution in [2.45, 2.75) is 6.92 Å². The molecule has 3 rings (SSSR count). The second-order valence-corrected chi connectivity index (χ2v) is 6.30. The maximum atomic E-state index is 12.0. The molecule has 30 heavy (non-hydrogen) atoms. The highest BCUT2D eigenvalue weighted by atomic mass is 16.5. The van der Waals surface area contributed by atoms with Gasteiger partial charge in [-0.2, -0.15) is 5.10 Å². The minimum Gasteiger partial charge on any atom is -0.493 e. The number of nitrogens with one attached hydrogen (secondary N) is 2. The van der Waals surface area contributed by atoms with Crippen molar-refractivity contribution >= 4 is 28.8 Å². The Hall–Kier alpha value is -3.87. The van der Waals surface area contributed by atoms with Gasteiger partial charge in [-0.25, -0.2) is 5.43 Å². The summed E-state index contributed by atoms with van der Waals surface area (Å²) >= 11 is 0. The summed E-state index contributed by atoms with van der Waals surface area (Å²) in [5.41, 5.74) is 3.19. The molecule has 0 aliphatic rings. The molecular weight excluding hydrogens is 382 g/mol. The van der Waals surface area contributed by atoms with E-state index in [2.05, 4.69) is 15.8 Å². The highest BCUT2D eigenvalue weighted by molar-refractivity contribution is 6.02. The fourth-order valence-corrected chi connectivity index (χ4v) is 2.79. The van der Waals surface area contributed by atoms with Crippen LogP contribution in [0.1, 0.15) is 12.5 Å². The van der Waals surface area contributed by atoms with Gasteiger partial charge in [0.1, 0.15) is 11.5 Å². The Morgan fingerprint density at radius 2 is 1.70 bits per heavy atom. The number of benzene rings is 3. The van der Waals surface area contributed by atoms with E-state index in [0.717, 1.165) is 16.3 Å². The van der Waals surface area contributed by atoms with Crippen LogP contribution < -0.4 is 20.2 Å². The molecule has 3 aromatic carbocycles. The lowest BCUT2D eigenvalue weighted by Crippen LogP contribution is -2.37. The van der Waals surface area contributed by atoms with Gasteiger partial charge in [-0.1, -0.05) is 48.5 Å². The normalized spacial score (nSPS) is 10.7. The third-order valence-electron chi connectivity index (χ3n) is 4.17. The van der Waals surface area contributed by atoms with Crippen LogP contribution in [0.5, 0.6) is 11.5 Å². The van der Waals surface area contributed by atoms with Crippen molar-refractivity contribution in [2.24, 2.45) is 5.10 Å². The second-order valence-electron chi connectivity index (χ2n) is 6.30. The Bertz CT molecular complexity index is 1040. The minimum absolute atomic E-state index is 0.172. The van der Waals surface area contributed by atoms with Crippen LogP contribution in [0.2, 0.25) is 0 Å². The first-order chi connectivity index (χ1) is 14.7. The number of hydrogen-bond acceptors (Lipinski definition) is 5. The summed E-state index contributed by atoms with van der Waals surface area (Å²) in [5, 5.41) is 8.51. The number of nitrogens with zero attached hydrogens (tertiary/aromatic N) is 1. The zero-order valence-corrected chi connectivity index (χ0v) is 16.6. The molecule has 0 aliphatic carbocycles. The largest absolute Gasteiger partial charge is 0.493 e. The van der Waals surface area contributed by atoms with Crippen molar-refractivity contribution in [3.8, 4) is 11.5 Å². The van der Waals surface area contributed by atoms with E-state index >= 15 is 0 Å². The van der Waals surface area contributed by atoms with Crippen LogP contribution in [-0.2, 0) is 9.59 Å². The van der Waals surface area contributed by atoms with Crippen molar-refractivity contribution in [1.82, 2.24) is 10.7 Å². The first-order valence-electron chi connectivity index (χ1n) is 9.58. The number of hydrazone groups is 1. The fraction of sp³-hybridized carbons (Fsp3) is 0.174. The SMILES string of the molecule is CCOc1ccc2ccccc2c1C=NNC(=O)CNC(=O)COc1ccccc1. The van der Waals surface area contributed by atoms with Crippen LogP contribution in [0.25, 0.3) is 10.8 Å². The molecule has 0 fully saturated rings. The van der Waals surface area contributed by atoms with E-state index in [0.29, 0.717) is 18.1 Å². The van der Waals surface area contributed by atoms with Gasteiger partial charge in [-0.05, 0) is 35.9 Å². The molecule has 2 N–H and O–H groups in total. The Morgan fingerprint density at radius 1 is 0.933 bits per heavy atom. The van der Waals surface area contributed by atoms with Crippen molar-refractivity contribution in [3.05, 3.63) is 72.3 Å². The molecule has 0 spiro atoms. The molecule has 0 saturated heterocycles. The summed E-state index contributed by atoms with van der Waals surface area (Å²) in [6, 6.07) is 20.7. The predicted molar refractivity (Wildman–Crippen MR) is 116 cm³/mol. The maximum Gasteiger partial charge on any atom is 0.259 e. The third-order valence-corrected chi connectivity index (χ3v) is 4.17. The van der Waals surface area contributed by atoms with Crippen molar-refractivity contribution < 1.29 is 19.1 Å². The molecule has 7 heteroatoms. The van der Waals surface area contributed by atoms with Crippen LogP contribution in [0.3, 0.4) is 0 Å². The Labute approximate surface area is 174 Å². The summed E-state index contributed by atoms with van der Waals surface area (Å²) in [5.74, 6) is 0.422. The number of amides is 2. The molecule has 154 valence electrons. The predicted octanol–water partition coefficient (Wildman–Crippen LogP) is 2.88. The molecule has 0 radical (unpaired) electrons. The van der Waals surface area contributed by atoms with Gasteiger partial charge in [0.25, 0.3) is 11.8 Å². The minimum atomic E-state index is -0.447. The third kappa shape index (κ3) is 5.81. The van der Waals surface area contributed by atoms with Gasteiger partial charge in [-0.15, -0.1) is 0 Å². The van der Waals surface area contributed by atoms with Gasteiger partial charge >= 0.3 is 0 Å². The lowest BCUT2D eigenvalue weighted by Gasteiger charge is -2.10. The quantitative estimate of drug-likeness (QED) is 0.423. The van der Waals surface area contributed by atoms with E-state index in [4.69, 9.17) is 9.47 Å². The zero-order chi connectivity index (χ0) is 21.2. The van der Waals surface area contributed by atoms with Gasteiger partial charge in [0, 0.05) is 5.56 Å². The molecule has 7 nitrogen and oxygen atoms in total. The molecule has 0 saturated carbocycles. The number of ether oxygens (including phenoxy) is 2. The Morgan fingerprint density at radius 3 is 2.50 bits per heavy atom. The van der Waals surface area contributed by atoms with Gasteiger partial charge in [-0.3, -0.25) is 9.59 Å². The van der Waals surface area contributed by atoms with Gasteiger partial charge in [0.15, 0.2) is 6.61 Å². The first-order valence-corrected chi connectivity index (χ1v) is 9.58. The van der Waals surface area contributed by atoms with Crippen molar-refractivity contribution in [2.75, 3.05) is 19.8 Å². The Balaban J connectivity index is 1.53. The summed E-state index contributed by atoms with van der Waals surface area (Å²) in [6.45, 7) is 2.04.